The summed E-state index contributed by atoms with van der Waals surface area (Å²) in [5, 5.41) is 12.3. The third kappa shape index (κ3) is 5.66. The van der Waals surface area contributed by atoms with E-state index in [4.69, 9.17) is 5.21 Å². The topological polar surface area (TPSA) is 49.7 Å². The lowest BCUT2D eigenvalue weighted by molar-refractivity contribution is -0.125. The molecule has 0 fully saturated rings. The molecule has 0 saturated heterocycles. The fourth-order valence-electron chi connectivity index (χ4n) is 1.20. The predicted octanol–water partition coefficient (Wildman–Crippen LogP) is 3.81. The average Bonchev–Trinajstić information content (AvgIpc) is 2.10. The molecule has 0 aromatic rings. The van der Waals surface area contributed by atoms with Gasteiger partial charge in [-0.15, -0.1) is 0 Å². The number of allylic oxidation sites excluding steroid dienone is 2. The minimum Gasteiger partial charge on any atom is -0.411 e. The Morgan fingerprint density at radius 2 is 1.59 bits per heavy atom. The molecule has 3 nitrogen and oxygen atoms in total. The molecule has 17 heavy (non-hydrogen) atoms. The summed E-state index contributed by atoms with van der Waals surface area (Å²) in [5.41, 5.74) is 0.970. The second-order valence-electron chi connectivity index (χ2n) is 6.58. The Balaban J connectivity index is 4.84. The van der Waals surface area contributed by atoms with Gasteiger partial charge in [0.2, 0.25) is 0 Å². The molecule has 0 aliphatic rings. The van der Waals surface area contributed by atoms with E-state index in [-0.39, 0.29) is 16.6 Å². The summed E-state index contributed by atoms with van der Waals surface area (Å²) in [6, 6.07) is 0. The standard InChI is InChI=1S/C14H25NO2/c1-10(9-12(16)14(5,6)7)8-11(15-17)13(2,3)4/h8,17H,9H2,1-7H3/b10-8-,15-11+. The van der Waals surface area contributed by atoms with E-state index in [0.29, 0.717) is 12.1 Å². The zero-order chi connectivity index (χ0) is 13.9. The molecule has 0 aromatic carbocycles. The number of nitrogens with zero attached hydrogens (tertiary/aromatic N) is 1. The molecule has 0 aliphatic carbocycles. The molecule has 1 N–H and O–H groups in total. The molecule has 0 saturated carbocycles. The van der Waals surface area contributed by atoms with Crippen molar-refractivity contribution in [2.45, 2.75) is 54.9 Å². The molecule has 0 spiro atoms. The van der Waals surface area contributed by atoms with Crippen molar-refractivity contribution in [1.29, 1.82) is 0 Å². The van der Waals surface area contributed by atoms with E-state index in [0.717, 1.165) is 5.57 Å². The van der Waals surface area contributed by atoms with Gasteiger partial charge >= 0.3 is 0 Å². The number of hydrogen-bond acceptors (Lipinski definition) is 3. The van der Waals surface area contributed by atoms with Crippen molar-refractivity contribution >= 4 is 11.5 Å². The highest BCUT2D eigenvalue weighted by molar-refractivity contribution is 5.99. The second-order valence-corrected chi connectivity index (χ2v) is 6.58. The summed E-state index contributed by atoms with van der Waals surface area (Å²) in [7, 11) is 0. The van der Waals surface area contributed by atoms with Gasteiger partial charge in [0.05, 0.1) is 5.71 Å². The highest BCUT2D eigenvalue weighted by Crippen LogP contribution is 2.22. The molecule has 0 rings (SSSR count). The lowest BCUT2D eigenvalue weighted by Gasteiger charge is -2.19. The van der Waals surface area contributed by atoms with E-state index in [2.05, 4.69) is 5.16 Å². The quantitative estimate of drug-likeness (QED) is 0.462. The van der Waals surface area contributed by atoms with Crippen LogP contribution < -0.4 is 0 Å². The smallest absolute Gasteiger partial charge is 0.142 e. The highest BCUT2D eigenvalue weighted by atomic mass is 16.4. The molecule has 0 heterocycles. The first kappa shape index (κ1) is 15.9. The largest absolute Gasteiger partial charge is 0.411 e. The summed E-state index contributed by atoms with van der Waals surface area (Å²) >= 11 is 0. The minimum atomic E-state index is -0.326. The van der Waals surface area contributed by atoms with Gasteiger partial charge in [0.25, 0.3) is 0 Å². The summed E-state index contributed by atoms with van der Waals surface area (Å²) in [4.78, 5) is 11.9. The zero-order valence-corrected chi connectivity index (χ0v) is 12.1. The monoisotopic (exact) mass is 239 g/mol. The third-order valence-corrected chi connectivity index (χ3v) is 2.54. The van der Waals surface area contributed by atoms with Gasteiger partial charge in [-0.25, -0.2) is 0 Å². The maximum atomic E-state index is 11.9. The van der Waals surface area contributed by atoms with Crippen molar-refractivity contribution in [2.24, 2.45) is 16.0 Å². The van der Waals surface area contributed by atoms with Crippen molar-refractivity contribution in [3.05, 3.63) is 11.6 Å². The molecule has 0 atom stereocenters. The van der Waals surface area contributed by atoms with Crippen LogP contribution in [0.3, 0.4) is 0 Å². The van der Waals surface area contributed by atoms with Gasteiger partial charge in [-0.2, -0.15) is 0 Å². The van der Waals surface area contributed by atoms with Crippen LogP contribution >= 0.6 is 0 Å². The average molecular weight is 239 g/mol. The third-order valence-electron chi connectivity index (χ3n) is 2.54. The van der Waals surface area contributed by atoms with Crippen LogP contribution in [0.2, 0.25) is 0 Å². The Morgan fingerprint density at radius 1 is 1.12 bits per heavy atom. The van der Waals surface area contributed by atoms with Gasteiger partial charge in [0.15, 0.2) is 0 Å². The van der Waals surface area contributed by atoms with Crippen LogP contribution in [-0.4, -0.2) is 16.7 Å². The van der Waals surface area contributed by atoms with Crippen LogP contribution in [0.1, 0.15) is 54.9 Å². The fraction of sp³-hybridized carbons (Fsp3) is 0.714. The summed E-state index contributed by atoms with van der Waals surface area (Å²) in [5.74, 6) is 0.192. The molecule has 0 amide bonds. The fourth-order valence-corrected chi connectivity index (χ4v) is 1.20. The van der Waals surface area contributed by atoms with E-state index < -0.39 is 0 Å². The molecule has 0 radical (unpaired) electrons. The van der Waals surface area contributed by atoms with Crippen molar-refractivity contribution in [1.82, 2.24) is 0 Å². The minimum absolute atomic E-state index is 0.192. The van der Waals surface area contributed by atoms with Crippen molar-refractivity contribution < 1.29 is 10.0 Å². The van der Waals surface area contributed by atoms with Gasteiger partial charge < -0.3 is 5.21 Å². The van der Waals surface area contributed by atoms with Crippen LogP contribution in [0.4, 0.5) is 0 Å². The van der Waals surface area contributed by atoms with Crippen molar-refractivity contribution in [2.75, 3.05) is 0 Å². The first-order chi connectivity index (χ1) is 7.48. The molecule has 98 valence electrons. The Hall–Kier alpha value is -1.12. The van der Waals surface area contributed by atoms with Gasteiger partial charge in [-0.05, 0) is 13.0 Å². The van der Waals surface area contributed by atoms with E-state index in [1.165, 1.54) is 0 Å². The zero-order valence-electron chi connectivity index (χ0n) is 12.1. The van der Waals surface area contributed by atoms with Crippen LogP contribution in [-0.2, 0) is 4.79 Å². The van der Waals surface area contributed by atoms with Crippen molar-refractivity contribution in [3.8, 4) is 0 Å². The molecule has 0 aliphatic heterocycles. The predicted molar refractivity (Wildman–Crippen MR) is 71.5 cm³/mol. The lowest BCUT2D eigenvalue weighted by Crippen LogP contribution is -2.21. The Morgan fingerprint density at radius 3 is 1.88 bits per heavy atom. The normalized spacial score (nSPS) is 15.0. The summed E-state index contributed by atoms with van der Waals surface area (Å²) in [6.45, 7) is 13.5. The highest BCUT2D eigenvalue weighted by Gasteiger charge is 2.22. The van der Waals surface area contributed by atoms with Crippen molar-refractivity contribution in [3.63, 3.8) is 0 Å². The summed E-state index contributed by atoms with van der Waals surface area (Å²) < 4.78 is 0. The molecule has 0 unspecified atom stereocenters. The van der Waals surface area contributed by atoms with Gasteiger partial charge in [0.1, 0.15) is 5.78 Å². The van der Waals surface area contributed by atoms with Crippen LogP contribution in [0.15, 0.2) is 16.8 Å². The number of hydrogen-bond donors (Lipinski definition) is 1. The Labute approximate surface area is 105 Å². The van der Waals surface area contributed by atoms with Gasteiger partial charge in [-0.3, -0.25) is 4.79 Å². The van der Waals surface area contributed by atoms with E-state index in [1.807, 2.05) is 48.5 Å². The number of rotatable bonds is 3. The molecular weight excluding hydrogens is 214 g/mol. The number of carbonyl (C=O) groups is 1. The maximum absolute atomic E-state index is 11.9. The Bertz CT molecular complexity index is 338. The van der Waals surface area contributed by atoms with Crippen LogP contribution in [0.5, 0.6) is 0 Å². The molecule has 0 bridgehead atoms. The first-order valence-corrected chi connectivity index (χ1v) is 5.91. The van der Waals surface area contributed by atoms with E-state index >= 15 is 0 Å². The van der Waals surface area contributed by atoms with Crippen LogP contribution in [0.25, 0.3) is 0 Å². The van der Waals surface area contributed by atoms with Gasteiger partial charge in [-0.1, -0.05) is 52.3 Å². The van der Waals surface area contributed by atoms with E-state index in [1.54, 1.807) is 6.08 Å². The van der Waals surface area contributed by atoms with Crippen LogP contribution in [0, 0.1) is 10.8 Å². The number of ketones is 1. The SMILES string of the molecule is C/C(=C/C(=N\O)C(C)(C)C)CC(=O)C(C)(C)C. The summed E-state index contributed by atoms with van der Waals surface area (Å²) in [6.07, 6.45) is 2.20. The number of Topliss-reactive ketones (excluding diaryl/α,β-unsaturated/α-hetero) is 1. The first-order valence-electron chi connectivity index (χ1n) is 5.91. The number of carbonyl (C=O) groups excluding carboxylic acids is 1. The van der Waals surface area contributed by atoms with Gasteiger partial charge in [0, 0.05) is 17.3 Å². The Kier molecular flexibility index (Phi) is 5.12. The molecule has 0 aromatic heterocycles. The lowest BCUT2D eigenvalue weighted by atomic mass is 9.85. The maximum Gasteiger partial charge on any atom is 0.142 e. The molecule has 3 heteroatoms. The molecular formula is C14H25NO2. The second kappa shape index (κ2) is 5.48. The van der Waals surface area contributed by atoms with E-state index in [9.17, 15) is 4.79 Å². The number of oxime groups is 1.